The first-order chi connectivity index (χ1) is 9.20. The Morgan fingerprint density at radius 1 is 1.53 bits per heavy atom. The third-order valence-electron chi connectivity index (χ3n) is 4.66. The first-order valence-electron chi connectivity index (χ1n) is 7.63. The highest BCUT2D eigenvalue weighted by molar-refractivity contribution is 4.95. The third kappa shape index (κ3) is 3.37. The lowest BCUT2D eigenvalue weighted by molar-refractivity contribution is 0.0398. The molecule has 2 unspecified atom stereocenters. The molecule has 2 atom stereocenters. The maximum atomic E-state index is 6.16. The summed E-state index contributed by atoms with van der Waals surface area (Å²) in [5.41, 5.74) is 6.38. The molecule has 2 N–H and O–H groups in total. The summed E-state index contributed by atoms with van der Waals surface area (Å²) in [7, 11) is 0. The molecule has 0 aromatic carbocycles. The van der Waals surface area contributed by atoms with E-state index in [9.17, 15) is 0 Å². The highest BCUT2D eigenvalue weighted by Gasteiger charge is 2.38. The van der Waals surface area contributed by atoms with Gasteiger partial charge in [-0.2, -0.15) is 5.10 Å². The highest BCUT2D eigenvalue weighted by atomic mass is 15.3. The molecule has 0 aliphatic heterocycles. The summed E-state index contributed by atoms with van der Waals surface area (Å²) in [4.78, 5) is 2.59. The van der Waals surface area contributed by atoms with Gasteiger partial charge in [-0.05, 0) is 31.4 Å². The SMILES string of the molecule is CCN(CCn1cccn1)C1(CN)CCCC(C)C1. The number of rotatable bonds is 6. The van der Waals surface area contributed by atoms with E-state index in [1.54, 1.807) is 0 Å². The minimum Gasteiger partial charge on any atom is -0.329 e. The summed E-state index contributed by atoms with van der Waals surface area (Å²) < 4.78 is 2.01. The maximum absolute atomic E-state index is 6.16. The van der Waals surface area contributed by atoms with Crippen LogP contribution in [0.4, 0.5) is 0 Å². The van der Waals surface area contributed by atoms with Crippen molar-refractivity contribution in [1.29, 1.82) is 0 Å². The maximum Gasteiger partial charge on any atom is 0.0536 e. The van der Waals surface area contributed by atoms with Gasteiger partial charge < -0.3 is 5.73 Å². The van der Waals surface area contributed by atoms with E-state index in [0.29, 0.717) is 0 Å². The van der Waals surface area contributed by atoms with Crippen LogP contribution in [0.2, 0.25) is 0 Å². The summed E-state index contributed by atoms with van der Waals surface area (Å²) in [5, 5.41) is 4.29. The van der Waals surface area contributed by atoms with Gasteiger partial charge in [-0.15, -0.1) is 0 Å². The first kappa shape index (κ1) is 14.5. The van der Waals surface area contributed by atoms with E-state index in [1.165, 1.54) is 25.7 Å². The summed E-state index contributed by atoms with van der Waals surface area (Å²) in [5.74, 6) is 0.802. The molecule has 1 fully saturated rings. The Hall–Kier alpha value is -0.870. The fourth-order valence-electron chi connectivity index (χ4n) is 3.62. The van der Waals surface area contributed by atoms with E-state index in [0.717, 1.165) is 32.1 Å². The molecule has 0 amide bonds. The van der Waals surface area contributed by atoms with Gasteiger partial charge in [0.25, 0.3) is 0 Å². The van der Waals surface area contributed by atoms with Crippen LogP contribution >= 0.6 is 0 Å². The van der Waals surface area contributed by atoms with E-state index in [4.69, 9.17) is 5.73 Å². The number of hydrogen-bond acceptors (Lipinski definition) is 3. The van der Waals surface area contributed by atoms with Crippen molar-refractivity contribution in [2.75, 3.05) is 19.6 Å². The molecule has 4 nitrogen and oxygen atoms in total. The van der Waals surface area contributed by atoms with Crippen LogP contribution in [0.15, 0.2) is 18.5 Å². The van der Waals surface area contributed by atoms with Crippen molar-refractivity contribution in [3.05, 3.63) is 18.5 Å². The van der Waals surface area contributed by atoms with Crippen LogP contribution in [0, 0.1) is 5.92 Å². The zero-order valence-corrected chi connectivity index (χ0v) is 12.4. The van der Waals surface area contributed by atoms with Crippen LogP contribution in [-0.2, 0) is 6.54 Å². The summed E-state index contributed by atoms with van der Waals surface area (Å²) >= 11 is 0. The van der Waals surface area contributed by atoms with E-state index < -0.39 is 0 Å². The van der Waals surface area contributed by atoms with Gasteiger partial charge >= 0.3 is 0 Å². The highest BCUT2D eigenvalue weighted by Crippen LogP contribution is 2.36. The second-order valence-electron chi connectivity index (χ2n) is 5.98. The number of nitrogens with zero attached hydrogens (tertiary/aromatic N) is 3. The van der Waals surface area contributed by atoms with Crippen molar-refractivity contribution < 1.29 is 0 Å². The van der Waals surface area contributed by atoms with Gasteiger partial charge in [0.15, 0.2) is 0 Å². The summed E-state index contributed by atoms with van der Waals surface area (Å²) in [6.07, 6.45) is 9.05. The molecular formula is C15H28N4. The first-order valence-corrected chi connectivity index (χ1v) is 7.63. The van der Waals surface area contributed by atoms with Gasteiger partial charge in [0.05, 0.1) is 6.54 Å². The molecule has 1 aromatic heterocycles. The lowest BCUT2D eigenvalue weighted by atomic mass is 9.75. The predicted molar refractivity (Wildman–Crippen MR) is 78.9 cm³/mol. The predicted octanol–water partition coefficient (Wildman–Crippen LogP) is 2.11. The number of aromatic nitrogens is 2. The largest absolute Gasteiger partial charge is 0.329 e. The van der Waals surface area contributed by atoms with Crippen LogP contribution in [-0.4, -0.2) is 39.9 Å². The molecule has 0 saturated heterocycles. The van der Waals surface area contributed by atoms with Crippen LogP contribution in [0.5, 0.6) is 0 Å². The number of likely N-dealkylation sites (N-methyl/N-ethyl adjacent to an activating group) is 1. The van der Waals surface area contributed by atoms with E-state index in [2.05, 4.69) is 23.8 Å². The van der Waals surface area contributed by atoms with Gasteiger partial charge in [-0.3, -0.25) is 9.58 Å². The van der Waals surface area contributed by atoms with Crippen LogP contribution < -0.4 is 5.73 Å². The third-order valence-corrected chi connectivity index (χ3v) is 4.66. The summed E-state index contributed by atoms with van der Waals surface area (Å²) in [6.45, 7) is 8.47. The quantitative estimate of drug-likeness (QED) is 0.856. The van der Waals surface area contributed by atoms with Crippen molar-refractivity contribution in [1.82, 2.24) is 14.7 Å². The topological polar surface area (TPSA) is 47.1 Å². The van der Waals surface area contributed by atoms with Crippen molar-refractivity contribution in [3.8, 4) is 0 Å². The fourth-order valence-corrected chi connectivity index (χ4v) is 3.62. The zero-order chi connectivity index (χ0) is 13.7. The summed E-state index contributed by atoms with van der Waals surface area (Å²) in [6, 6.07) is 1.98. The molecule has 2 rings (SSSR count). The molecular weight excluding hydrogens is 236 g/mol. The average Bonchev–Trinajstić information content (AvgIpc) is 2.92. The van der Waals surface area contributed by atoms with Crippen molar-refractivity contribution in [2.45, 2.75) is 51.6 Å². The molecule has 1 aromatic rings. The zero-order valence-electron chi connectivity index (χ0n) is 12.4. The number of hydrogen-bond donors (Lipinski definition) is 1. The molecule has 1 saturated carbocycles. The second-order valence-corrected chi connectivity index (χ2v) is 5.98. The molecule has 1 aliphatic carbocycles. The molecule has 0 bridgehead atoms. The van der Waals surface area contributed by atoms with Gasteiger partial charge in [-0.25, -0.2) is 0 Å². The van der Waals surface area contributed by atoms with Gasteiger partial charge in [-0.1, -0.05) is 26.7 Å². The molecule has 19 heavy (non-hydrogen) atoms. The second kappa shape index (κ2) is 6.53. The van der Waals surface area contributed by atoms with E-state index >= 15 is 0 Å². The Labute approximate surface area is 117 Å². The molecule has 108 valence electrons. The minimum atomic E-state index is 0.222. The van der Waals surface area contributed by atoms with Crippen molar-refractivity contribution >= 4 is 0 Å². The van der Waals surface area contributed by atoms with Crippen molar-refractivity contribution in [3.63, 3.8) is 0 Å². The van der Waals surface area contributed by atoms with Crippen LogP contribution in [0.3, 0.4) is 0 Å². The molecule has 4 heteroatoms. The smallest absolute Gasteiger partial charge is 0.0536 e. The fraction of sp³-hybridized carbons (Fsp3) is 0.800. The Balaban J connectivity index is 2.01. The normalized spacial score (nSPS) is 27.9. The van der Waals surface area contributed by atoms with E-state index in [1.807, 2.05) is 23.1 Å². The molecule has 1 aliphatic rings. The van der Waals surface area contributed by atoms with Crippen molar-refractivity contribution in [2.24, 2.45) is 11.7 Å². The molecule has 1 heterocycles. The van der Waals surface area contributed by atoms with Gasteiger partial charge in [0.2, 0.25) is 0 Å². The lowest BCUT2D eigenvalue weighted by Gasteiger charge is -2.47. The Morgan fingerprint density at radius 2 is 2.37 bits per heavy atom. The molecule has 0 radical (unpaired) electrons. The Kier molecular flexibility index (Phi) is 4.99. The van der Waals surface area contributed by atoms with Crippen LogP contribution in [0.25, 0.3) is 0 Å². The monoisotopic (exact) mass is 264 g/mol. The average molecular weight is 264 g/mol. The van der Waals surface area contributed by atoms with Gasteiger partial charge in [0.1, 0.15) is 0 Å². The minimum absolute atomic E-state index is 0.222. The Morgan fingerprint density at radius 3 is 2.95 bits per heavy atom. The number of nitrogens with two attached hydrogens (primary N) is 1. The van der Waals surface area contributed by atoms with Crippen LogP contribution in [0.1, 0.15) is 39.5 Å². The van der Waals surface area contributed by atoms with E-state index in [-0.39, 0.29) is 5.54 Å². The lowest BCUT2D eigenvalue weighted by Crippen LogP contribution is -2.56. The van der Waals surface area contributed by atoms with Gasteiger partial charge in [0, 0.05) is 31.0 Å². The molecule has 0 spiro atoms. The standard InChI is InChI=1S/C15H28N4/c1-3-18(10-11-19-9-5-8-17-19)15(13-16)7-4-6-14(2)12-15/h5,8-9,14H,3-4,6-7,10-13,16H2,1-2H3. The Bertz CT molecular complexity index is 362.